The monoisotopic (exact) mass is 214 g/mol. The Morgan fingerprint density at radius 3 is 2.29 bits per heavy atom. The summed E-state index contributed by atoms with van der Waals surface area (Å²) in [6.07, 6.45) is 0.0125. The molecule has 0 amide bonds. The Morgan fingerprint density at radius 2 is 1.79 bits per heavy atom. The van der Waals surface area contributed by atoms with Crippen molar-refractivity contribution in [1.29, 1.82) is 0 Å². The highest BCUT2D eigenvalue weighted by Crippen LogP contribution is 2.12. The molecule has 14 heavy (non-hydrogen) atoms. The first-order valence-corrected chi connectivity index (χ1v) is 5.06. The summed E-state index contributed by atoms with van der Waals surface area (Å²) < 4.78 is 0. The summed E-state index contributed by atoms with van der Waals surface area (Å²) in [7, 11) is 0. The highest BCUT2D eigenvalue weighted by Gasteiger charge is 2.08. The van der Waals surface area contributed by atoms with E-state index >= 15 is 0 Å². The van der Waals surface area contributed by atoms with Crippen LogP contribution in [0.1, 0.15) is 18.9 Å². The Kier molecular flexibility index (Phi) is 4.39. The summed E-state index contributed by atoms with van der Waals surface area (Å²) in [5.41, 5.74) is 1.03. The van der Waals surface area contributed by atoms with Crippen molar-refractivity contribution < 1.29 is 10.2 Å². The van der Waals surface area contributed by atoms with Gasteiger partial charge in [-0.1, -0.05) is 23.7 Å². The fourth-order valence-electron chi connectivity index (χ4n) is 1.37. The van der Waals surface area contributed by atoms with E-state index in [-0.39, 0.29) is 0 Å². The van der Waals surface area contributed by atoms with Gasteiger partial charge < -0.3 is 10.2 Å². The Morgan fingerprint density at radius 1 is 1.21 bits per heavy atom. The van der Waals surface area contributed by atoms with Crippen LogP contribution in [0.15, 0.2) is 24.3 Å². The zero-order valence-corrected chi connectivity index (χ0v) is 8.91. The number of aliphatic hydroxyl groups excluding tert-OH is 2. The maximum Gasteiger partial charge on any atom is 0.0605 e. The zero-order valence-electron chi connectivity index (χ0n) is 8.15. The average Bonchev–Trinajstić information content (AvgIpc) is 2.07. The van der Waals surface area contributed by atoms with Gasteiger partial charge in [-0.05, 0) is 37.5 Å². The van der Waals surface area contributed by atoms with Crippen LogP contribution in [0.3, 0.4) is 0 Å². The van der Waals surface area contributed by atoms with Crippen LogP contribution < -0.4 is 0 Å². The van der Waals surface area contributed by atoms with Crippen LogP contribution >= 0.6 is 11.6 Å². The standard InChI is InChI=1S/C11H15ClO2/c1-8(13)6-11(14)7-9-2-4-10(12)5-3-9/h2-5,8,11,13-14H,6-7H2,1H3. The van der Waals surface area contributed by atoms with Gasteiger partial charge in [0.2, 0.25) is 0 Å². The highest BCUT2D eigenvalue weighted by molar-refractivity contribution is 6.30. The number of benzene rings is 1. The molecule has 0 spiro atoms. The fraction of sp³-hybridized carbons (Fsp3) is 0.455. The maximum absolute atomic E-state index is 9.55. The van der Waals surface area contributed by atoms with Crippen LogP contribution in [0.4, 0.5) is 0 Å². The Labute approximate surface area is 89.1 Å². The first-order valence-electron chi connectivity index (χ1n) is 4.68. The SMILES string of the molecule is CC(O)CC(O)Cc1ccc(Cl)cc1. The Hall–Kier alpha value is -0.570. The molecule has 0 aliphatic rings. The van der Waals surface area contributed by atoms with Gasteiger partial charge in [-0.2, -0.15) is 0 Å². The van der Waals surface area contributed by atoms with Gasteiger partial charge in [0.25, 0.3) is 0 Å². The molecule has 0 aliphatic carbocycles. The fourth-order valence-corrected chi connectivity index (χ4v) is 1.50. The molecule has 2 N–H and O–H groups in total. The van der Waals surface area contributed by atoms with Gasteiger partial charge in [-0.15, -0.1) is 0 Å². The second-order valence-corrected chi connectivity index (χ2v) is 4.01. The molecule has 3 heteroatoms. The number of aliphatic hydroxyl groups is 2. The third-order valence-corrected chi connectivity index (χ3v) is 2.25. The van der Waals surface area contributed by atoms with E-state index in [9.17, 15) is 5.11 Å². The van der Waals surface area contributed by atoms with E-state index in [0.29, 0.717) is 17.9 Å². The van der Waals surface area contributed by atoms with E-state index in [4.69, 9.17) is 16.7 Å². The lowest BCUT2D eigenvalue weighted by atomic mass is 10.0. The van der Waals surface area contributed by atoms with Gasteiger partial charge in [-0.25, -0.2) is 0 Å². The lowest BCUT2D eigenvalue weighted by Gasteiger charge is -2.12. The molecule has 1 rings (SSSR count). The van der Waals surface area contributed by atoms with Crippen molar-refractivity contribution in [3.8, 4) is 0 Å². The second kappa shape index (κ2) is 5.35. The smallest absolute Gasteiger partial charge is 0.0605 e. The molecule has 0 bridgehead atoms. The second-order valence-electron chi connectivity index (χ2n) is 3.57. The van der Waals surface area contributed by atoms with Crippen molar-refractivity contribution in [3.63, 3.8) is 0 Å². The molecule has 0 fully saturated rings. The normalized spacial score (nSPS) is 15.1. The number of hydrogen-bond acceptors (Lipinski definition) is 2. The van der Waals surface area contributed by atoms with Gasteiger partial charge in [0, 0.05) is 5.02 Å². The minimum atomic E-state index is -0.490. The molecule has 1 aromatic rings. The lowest BCUT2D eigenvalue weighted by Crippen LogP contribution is -2.17. The van der Waals surface area contributed by atoms with Crippen molar-refractivity contribution in [2.75, 3.05) is 0 Å². The molecule has 0 aliphatic heterocycles. The van der Waals surface area contributed by atoms with Crippen molar-refractivity contribution >= 4 is 11.6 Å². The molecule has 0 saturated carbocycles. The average molecular weight is 215 g/mol. The van der Waals surface area contributed by atoms with Crippen molar-refractivity contribution in [2.24, 2.45) is 0 Å². The summed E-state index contributed by atoms with van der Waals surface area (Å²) in [4.78, 5) is 0. The molecule has 78 valence electrons. The largest absolute Gasteiger partial charge is 0.393 e. The number of hydrogen-bond donors (Lipinski definition) is 2. The highest BCUT2D eigenvalue weighted by atomic mass is 35.5. The van der Waals surface area contributed by atoms with Crippen molar-refractivity contribution in [2.45, 2.75) is 32.0 Å². The van der Waals surface area contributed by atoms with Gasteiger partial charge >= 0.3 is 0 Å². The third-order valence-electron chi connectivity index (χ3n) is 2.00. The topological polar surface area (TPSA) is 40.5 Å². The lowest BCUT2D eigenvalue weighted by molar-refractivity contribution is 0.0909. The summed E-state index contributed by atoms with van der Waals surface area (Å²) in [6, 6.07) is 7.36. The molecule has 2 unspecified atom stereocenters. The molecule has 0 saturated heterocycles. The molecular formula is C11H15ClO2. The van der Waals surface area contributed by atoms with Gasteiger partial charge in [-0.3, -0.25) is 0 Å². The Balaban J connectivity index is 2.47. The van der Waals surface area contributed by atoms with Gasteiger partial charge in [0.15, 0.2) is 0 Å². The number of rotatable bonds is 4. The quantitative estimate of drug-likeness (QED) is 0.805. The van der Waals surface area contributed by atoms with E-state index in [1.54, 1.807) is 19.1 Å². The Bertz CT molecular complexity index is 269. The molecule has 0 radical (unpaired) electrons. The molecule has 0 heterocycles. The van der Waals surface area contributed by atoms with Crippen LogP contribution in [0.25, 0.3) is 0 Å². The van der Waals surface area contributed by atoms with Crippen molar-refractivity contribution in [3.05, 3.63) is 34.9 Å². The predicted octanol–water partition coefficient (Wildman–Crippen LogP) is 2.01. The molecule has 1 aromatic carbocycles. The van der Waals surface area contributed by atoms with E-state index in [2.05, 4.69) is 0 Å². The summed E-state index contributed by atoms with van der Waals surface area (Å²) in [5.74, 6) is 0. The minimum Gasteiger partial charge on any atom is -0.393 e. The molecular weight excluding hydrogens is 200 g/mol. The van der Waals surface area contributed by atoms with Gasteiger partial charge in [0.05, 0.1) is 12.2 Å². The van der Waals surface area contributed by atoms with Crippen LogP contribution in [0, 0.1) is 0 Å². The molecule has 2 nitrogen and oxygen atoms in total. The van der Waals surface area contributed by atoms with Crippen LogP contribution in [-0.2, 0) is 6.42 Å². The van der Waals surface area contributed by atoms with Gasteiger partial charge in [0.1, 0.15) is 0 Å². The molecule has 0 aromatic heterocycles. The third kappa shape index (κ3) is 4.09. The van der Waals surface area contributed by atoms with Crippen LogP contribution in [0.2, 0.25) is 5.02 Å². The van der Waals surface area contributed by atoms with Crippen LogP contribution in [-0.4, -0.2) is 22.4 Å². The van der Waals surface area contributed by atoms with Crippen molar-refractivity contribution in [1.82, 2.24) is 0 Å². The first kappa shape index (κ1) is 11.5. The summed E-state index contributed by atoms with van der Waals surface area (Å²) in [5, 5.41) is 19.3. The van der Waals surface area contributed by atoms with E-state index in [0.717, 1.165) is 5.56 Å². The predicted molar refractivity (Wildman–Crippen MR) is 57.5 cm³/mol. The minimum absolute atomic E-state index is 0.405. The summed E-state index contributed by atoms with van der Waals surface area (Å²) >= 11 is 5.73. The van der Waals surface area contributed by atoms with E-state index < -0.39 is 12.2 Å². The van der Waals surface area contributed by atoms with Crippen LogP contribution in [0.5, 0.6) is 0 Å². The van der Waals surface area contributed by atoms with E-state index in [1.165, 1.54) is 0 Å². The van der Waals surface area contributed by atoms with E-state index in [1.807, 2.05) is 12.1 Å². The maximum atomic E-state index is 9.55. The zero-order chi connectivity index (χ0) is 10.6. The molecule has 2 atom stereocenters. The number of halogens is 1. The first-order chi connectivity index (χ1) is 6.58. The summed E-state index contributed by atoms with van der Waals surface area (Å²) in [6.45, 7) is 1.67.